The Balaban J connectivity index is 1.72. The molecule has 3 N–H and O–H groups in total. The van der Waals surface area contributed by atoms with Crippen LogP contribution in [0.4, 0.5) is 11.4 Å². The van der Waals surface area contributed by atoms with Crippen molar-refractivity contribution in [3.63, 3.8) is 0 Å². The number of ether oxygens (including phenoxy) is 1. The van der Waals surface area contributed by atoms with Gasteiger partial charge in [0.15, 0.2) is 0 Å². The molecule has 26 heavy (non-hydrogen) atoms. The Morgan fingerprint density at radius 1 is 1.23 bits per heavy atom. The Labute approximate surface area is 156 Å². The van der Waals surface area contributed by atoms with Crippen molar-refractivity contribution in [2.24, 2.45) is 0 Å². The maximum atomic E-state index is 12.3. The number of halogens is 1. The number of hydrogen-bond donors (Lipinski definition) is 3. The zero-order valence-electron chi connectivity index (χ0n) is 13.3. The van der Waals surface area contributed by atoms with Gasteiger partial charge in [0.05, 0.1) is 0 Å². The zero-order valence-corrected chi connectivity index (χ0v) is 15.9. The van der Waals surface area contributed by atoms with Gasteiger partial charge in [-0.1, -0.05) is 0 Å². The summed E-state index contributed by atoms with van der Waals surface area (Å²) < 4.78 is 34.5. The summed E-state index contributed by atoms with van der Waals surface area (Å²) in [6, 6.07) is 10.1. The van der Waals surface area contributed by atoms with E-state index in [2.05, 4.69) is 5.32 Å². The van der Waals surface area contributed by atoms with Crippen molar-refractivity contribution in [2.45, 2.75) is 0 Å². The second kappa shape index (κ2) is 7.17. The van der Waals surface area contributed by atoms with E-state index in [1.807, 2.05) is 0 Å². The Hall–Kier alpha value is -2.25. The fourth-order valence-corrected chi connectivity index (χ4v) is 3.77. The van der Waals surface area contributed by atoms with Gasteiger partial charge in [0.25, 0.3) is 0 Å². The SMILES string of the molecule is O=C(CN1CC(=O)Oc2ccc(Cl)cc21)Nc1ccc([As](=O)(O)O)cc1. The number of carbonyl (C=O) groups is 2. The average molecular weight is 441 g/mol. The van der Waals surface area contributed by atoms with E-state index in [-0.39, 0.29) is 17.4 Å². The molecule has 0 unspecified atom stereocenters. The van der Waals surface area contributed by atoms with Gasteiger partial charge in [-0.05, 0) is 0 Å². The first kappa shape index (κ1) is 18.5. The molecule has 136 valence electrons. The molecule has 0 spiro atoms. The standard InChI is InChI=1S/C16H14AsClN2O6/c18-11-3-6-14-13(7-11)20(9-16(22)26-14)8-15(21)19-12-4-1-10(2-5-12)17(23,24)25/h1-7H,8-9H2,(H,19,21)(H2,23,24,25). The van der Waals surface area contributed by atoms with Crippen LogP contribution < -0.4 is 19.3 Å². The first-order valence-electron chi connectivity index (χ1n) is 7.43. The third-order valence-electron chi connectivity index (χ3n) is 3.63. The molecular formula is C16H14AsClN2O6. The van der Waals surface area contributed by atoms with E-state index in [0.29, 0.717) is 22.1 Å². The van der Waals surface area contributed by atoms with E-state index in [1.54, 1.807) is 18.2 Å². The molecule has 0 saturated carbocycles. The van der Waals surface area contributed by atoms with Crippen LogP contribution in [0, 0.1) is 0 Å². The molecule has 10 heteroatoms. The van der Waals surface area contributed by atoms with Gasteiger partial charge in [-0.25, -0.2) is 0 Å². The van der Waals surface area contributed by atoms with Gasteiger partial charge in [0.1, 0.15) is 0 Å². The van der Waals surface area contributed by atoms with E-state index < -0.39 is 26.0 Å². The fraction of sp³-hybridized carbons (Fsp3) is 0.125. The predicted octanol–water partition coefficient (Wildman–Crippen LogP) is 0.265. The summed E-state index contributed by atoms with van der Waals surface area (Å²) in [5.74, 6) is -0.563. The van der Waals surface area contributed by atoms with Crippen LogP contribution in [0.3, 0.4) is 0 Å². The number of carbonyl (C=O) groups excluding carboxylic acids is 2. The Morgan fingerprint density at radius 3 is 2.58 bits per heavy atom. The van der Waals surface area contributed by atoms with Crippen LogP contribution >= 0.6 is 11.6 Å². The van der Waals surface area contributed by atoms with Gasteiger partial charge in [0, 0.05) is 0 Å². The molecule has 2 aromatic rings. The molecule has 0 atom stereocenters. The molecule has 0 aliphatic carbocycles. The fourth-order valence-electron chi connectivity index (χ4n) is 2.47. The topological polar surface area (TPSA) is 116 Å². The van der Waals surface area contributed by atoms with Crippen LogP contribution in [0.15, 0.2) is 42.5 Å². The van der Waals surface area contributed by atoms with Crippen molar-refractivity contribution >= 4 is 53.4 Å². The number of rotatable bonds is 4. The predicted molar refractivity (Wildman–Crippen MR) is 94.9 cm³/mol. The maximum absolute atomic E-state index is 12.3. The molecule has 1 aliphatic rings. The number of benzene rings is 2. The van der Waals surface area contributed by atoms with Gasteiger partial charge < -0.3 is 0 Å². The summed E-state index contributed by atoms with van der Waals surface area (Å²) in [6.45, 7) is -0.215. The molecular weight excluding hydrogens is 427 g/mol. The number of anilines is 2. The van der Waals surface area contributed by atoms with Crippen molar-refractivity contribution in [1.29, 1.82) is 0 Å². The molecule has 0 bridgehead atoms. The second-order valence-corrected chi connectivity index (χ2v) is 9.38. The number of hydrogen-bond acceptors (Lipinski definition) is 5. The number of nitrogens with zero attached hydrogens (tertiary/aromatic N) is 1. The molecule has 1 heterocycles. The Kier molecular flexibility index (Phi) is 5.11. The van der Waals surface area contributed by atoms with Crippen molar-refractivity contribution < 1.29 is 26.3 Å². The number of nitrogens with one attached hydrogen (secondary N) is 1. The third-order valence-corrected chi connectivity index (χ3v) is 5.90. The van der Waals surface area contributed by atoms with Crippen molar-refractivity contribution in [1.82, 2.24) is 0 Å². The van der Waals surface area contributed by atoms with Crippen LogP contribution in [0.2, 0.25) is 5.02 Å². The molecule has 8 nitrogen and oxygen atoms in total. The summed E-state index contributed by atoms with van der Waals surface area (Å²) in [7, 11) is 0. The first-order chi connectivity index (χ1) is 12.2. The normalized spacial score (nSPS) is 13.8. The Morgan fingerprint density at radius 2 is 1.92 bits per heavy atom. The third kappa shape index (κ3) is 4.28. The van der Waals surface area contributed by atoms with Crippen LogP contribution in [0.25, 0.3) is 0 Å². The zero-order chi connectivity index (χ0) is 18.9. The summed E-state index contributed by atoms with van der Waals surface area (Å²) in [5, 5.41) is 3.06. The Bertz CT molecular complexity index is 911. The summed E-state index contributed by atoms with van der Waals surface area (Å²) in [4.78, 5) is 25.5. The van der Waals surface area contributed by atoms with Crippen molar-refractivity contribution in [3.05, 3.63) is 47.5 Å². The number of esters is 1. The molecule has 0 saturated heterocycles. The summed E-state index contributed by atoms with van der Waals surface area (Å²) in [5.41, 5.74) is 0.917. The number of amides is 1. The minimum absolute atomic E-state index is 0.0801. The van der Waals surface area contributed by atoms with Gasteiger partial charge in [-0.3, -0.25) is 0 Å². The first-order valence-corrected chi connectivity index (χ1v) is 11.2. The van der Waals surface area contributed by atoms with Crippen LogP contribution in [-0.4, -0.2) is 47.3 Å². The summed E-state index contributed by atoms with van der Waals surface area (Å²) in [6.07, 6.45) is 0. The minimum atomic E-state index is -4.96. The molecule has 1 aliphatic heterocycles. The van der Waals surface area contributed by atoms with Gasteiger partial charge >= 0.3 is 156 Å². The van der Waals surface area contributed by atoms with Crippen molar-refractivity contribution in [3.8, 4) is 5.75 Å². The molecule has 0 radical (unpaired) electrons. The molecule has 1 amide bonds. The van der Waals surface area contributed by atoms with Gasteiger partial charge in [-0.15, -0.1) is 0 Å². The quantitative estimate of drug-likeness (QED) is 0.355. The number of fused-ring (bicyclic) bond motifs is 1. The van der Waals surface area contributed by atoms with Crippen molar-refractivity contribution in [2.75, 3.05) is 23.3 Å². The molecule has 2 aromatic carbocycles. The van der Waals surface area contributed by atoms with E-state index in [0.717, 1.165) is 0 Å². The van der Waals surface area contributed by atoms with E-state index in [4.69, 9.17) is 24.5 Å². The monoisotopic (exact) mass is 440 g/mol. The van der Waals surface area contributed by atoms with Crippen LogP contribution in [-0.2, 0) is 13.3 Å². The molecule has 3 rings (SSSR count). The second-order valence-electron chi connectivity index (χ2n) is 5.58. The average Bonchev–Trinajstić information content (AvgIpc) is 2.55. The van der Waals surface area contributed by atoms with E-state index >= 15 is 0 Å². The summed E-state index contributed by atoms with van der Waals surface area (Å²) >= 11 is 1.01. The van der Waals surface area contributed by atoms with Gasteiger partial charge in [0.2, 0.25) is 0 Å². The van der Waals surface area contributed by atoms with Crippen LogP contribution in [0.5, 0.6) is 5.75 Å². The van der Waals surface area contributed by atoms with E-state index in [9.17, 15) is 13.3 Å². The molecule has 0 fully saturated rings. The van der Waals surface area contributed by atoms with Gasteiger partial charge in [-0.2, -0.15) is 0 Å². The van der Waals surface area contributed by atoms with E-state index in [1.165, 1.54) is 29.2 Å². The van der Waals surface area contributed by atoms with Crippen LogP contribution in [0.1, 0.15) is 0 Å². The molecule has 0 aromatic heterocycles.